The number of nitrogens with one attached hydrogen (secondary N) is 1. The molecule has 1 N–H and O–H groups in total. The van der Waals surface area contributed by atoms with Crippen molar-refractivity contribution in [3.05, 3.63) is 53.6 Å². The highest BCUT2D eigenvalue weighted by Gasteiger charge is 2.16. The SMILES string of the molecule is COc1ccc(Cl)cc1NC(=O)[C@H](C)Oc1ccccc1. The predicted molar refractivity (Wildman–Crippen MR) is 83.2 cm³/mol. The monoisotopic (exact) mass is 305 g/mol. The van der Waals surface area contributed by atoms with E-state index in [9.17, 15) is 4.79 Å². The van der Waals surface area contributed by atoms with E-state index in [0.29, 0.717) is 22.2 Å². The van der Waals surface area contributed by atoms with Crippen molar-refractivity contribution in [3.63, 3.8) is 0 Å². The molecule has 2 aromatic carbocycles. The van der Waals surface area contributed by atoms with Gasteiger partial charge in [-0.15, -0.1) is 0 Å². The Morgan fingerprint density at radius 3 is 2.57 bits per heavy atom. The zero-order valence-electron chi connectivity index (χ0n) is 11.8. The number of halogens is 1. The molecule has 5 heteroatoms. The molecule has 0 heterocycles. The number of benzene rings is 2. The van der Waals surface area contributed by atoms with Crippen molar-refractivity contribution in [3.8, 4) is 11.5 Å². The Labute approximate surface area is 128 Å². The Morgan fingerprint density at radius 1 is 1.19 bits per heavy atom. The maximum atomic E-state index is 12.2. The minimum atomic E-state index is -0.643. The lowest BCUT2D eigenvalue weighted by Crippen LogP contribution is -2.30. The van der Waals surface area contributed by atoms with Crippen LogP contribution in [0.25, 0.3) is 0 Å². The van der Waals surface area contributed by atoms with Gasteiger partial charge in [-0.3, -0.25) is 4.79 Å². The first-order valence-electron chi connectivity index (χ1n) is 6.46. The first-order valence-corrected chi connectivity index (χ1v) is 6.84. The Kier molecular flexibility index (Phi) is 5.06. The molecule has 0 aliphatic heterocycles. The molecule has 1 atom stereocenters. The van der Waals surface area contributed by atoms with E-state index in [0.717, 1.165) is 0 Å². The van der Waals surface area contributed by atoms with Crippen LogP contribution in [0.4, 0.5) is 5.69 Å². The number of rotatable bonds is 5. The lowest BCUT2D eigenvalue weighted by molar-refractivity contribution is -0.122. The smallest absolute Gasteiger partial charge is 0.265 e. The summed E-state index contributed by atoms with van der Waals surface area (Å²) in [5.41, 5.74) is 0.513. The second kappa shape index (κ2) is 6.99. The number of carbonyl (C=O) groups excluding carboxylic acids is 1. The maximum Gasteiger partial charge on any atom is 0.265 e. The quantitative estimate of drug-likeness (QED) is 0.915. The van der Waals surface area contributed by atoms with Gasteiger partial charge in [-0.2, -0.15) is 0 Å². The van der Waals surface area contributed by atoms with E-state index in [-0.39, 0.29) is 5.91 Å². The van der Waals surface area contributed by atoms with Gasteiger partial charge in [0.05, 0.1) is 12.8 Å². The molecule has 21 heavy (non-hydrogen) atoms. The Hall–Kier alpha value is -2.20. The molecule has 110 valence electrons. The molecule has 0 aliphatic rings. The minimum absolute atomic E-state index is 0.278. The number of carbonyl (C=O) groups is 1. The first kappa shape index (κ1) is 15.2. The Morgan fingerprint density at radius 2 is 1.90 bits per heavy atom. The van der Waals surface area contributed by atoms with Gasteiger partial charge in [0.25, 0.3) is 5.91 Å². The molecule has 0 bridgehead atoms. The number of para-hydroxylation sites is 1. The van der Waals surface area contributed by atoms with Crippen LogP contribution in [0.3, 0.4) is 0 Å². The summed E-state index contributed by atoms with van der Waals surface area (Å²) >= 11 is 5.93. The summed E-state index contributed by atoms with van der Waals surface area (Å²) in [5.74, 6) is 0.900. The molecule has 0 unspecified atom stereocenters. The number of hydrogen-bond acceptors (Lipinski definition) is 3. The highest BCUT2D eigenvalue weighted by Crippen LogP contribution is 2.27. The Bertz CT molecular complexity index is 616. The fourth-order valence-corrected chi connectivity index (χ4v) is 1.94. The largest absolute Gasteiger partial charge is 0.495 e. The highest BCUT2D eigenvalue weighted by atomic mass is 35.5. The van der Waals surface area contributed by atoms with Crippen LogP contribution in [-0.2, 0) is 4.79 Å². The first-order chi connectivity index (χ1) is 10.1. The van der Waals surface area contributed by atoms with Crippen molar-refractivity contribution in [2.75, 3.05) is 12.4 Å². The van der Waals surface area contributed by atoms with Gasteiger partial charge in [-0.25, -0.2) is 0 Å². The summed E-state index contributed by atoms with van der Waals surface area (Å²) in [6.07, 6.45) is -0.643. The van der Waals surface area contributed by atoms with Crippen molar-refractivity contribution in [1.82, 2.24) is 0 Å². The molecule has 1 amide bonds. The van der Waals surface area contributed by atoms with Crippen LogP contribution in [0.1, 0.15) is 6.92 Å². The zero-order valence-corrected chi connectivity index (χ0v) is 12.6. The van der Waals surface area contributed by atoms with Crippen molar-refractivity contribution in [2.45, 2.75) is 13.0 Å². The van der Waals surface area contributed by atoms with E-state index in [1.807, 2.05) is 18.2 Å². The third-order valence-corrected chi connectivity index (χ3v) is 3.08. The number of methoxy groups -OCH3 is 1. The van der Waals surface area contributed by atoms with Gasteiger partial charge < -0.3 is 14.8 Å². The molecule has 4 nitrogen and oxygen atoms in total. The predicted octanol–water partition coefficient (Wildman–Crippen LogP) is 3.75. The van der Waals surface area contributed by atoms with Crippen LogP contribution in [0.15, 0.2) is 48.5 Å². The molecular formula is C16H16ClNO3. The zero-order chi connectivity index (χ0) is 15.2. The van der Waals surface area contributed by atoms with Gasteiger partial charge in [0.15, 0.2) is 6.10 Å². The molecule has 0 spiro atoms. The van der Waals surface area contributed by atoms with Crippen LogP contribution >= 0.6 is 11.6 Å². The second-order valence-electron chi connectivity index (χ2n) is 4.41. The molecule has 2 rings (SSSR count). The molecule has 0 saturated carbocycles. The fourth-order valence-electron chi connectivity index (χ4n) is 1.77. The summed E-state index contributed by atoms with van der Waals surface area (Å²) in [6, 6.07) is 14.2. The summed E-state index contributed by atoms with van der Waals surface area (Å²) in [6.45, 7) is 1.68. The van der Waals surface area contributed by atoms with E-state index >= 15 is 0 Å². The minimum Gasteiger partial charge on any atom is -0.495 e. The topological polar surface area (TPSA) is 47.6 Å². The van der Waals surface area contributed by atoms with Crippen LogP contribution in [0, 0.1) is 0 Å². The van der Waals surface area contributed by atoms with Gasteiger partial charge >= 0.3 is 0 Å². The van der Waals surface area contributed by atoms with E-state index in [2.05, 4.69) is 5.32 Å². The van der Waals surface area contributed by atoms with E-state index in [4.69, 9.17) is 21.1 Å². The maximum absolute atomic E-state index is 12.2. The molecule has 0 fully saturated rings. The number of hydrogen-bond donors (Lipinski definition) is 1. The standard InChI is InChI=1S/C16H16ClNO3/c1-11(21-13-6-4-3-5-7-13)16(19)18-14-10-12(17)8-9-15(14)20-2/h3-11H,1-2H3,(H,18,19)/t11-/m0/s1. The fraction of sp³-hybridized carbons (Fsp3) is 0.188. The van der Waals surface area contributed by atoms with Crippen LogP contribution in [0.2, 0.25) is 5.02 Å². The van der Waals surface area contributed by atoms with Gasteiger partial charge in [0.2, 0.25) is 0 Å². The normalized spacial score (nSPS) is 11.6. The number of amides is 1. The molecular weight excluding hydrogens is 290 g/mol. The van der Waals surface area contributed by atoms with Gasteiger partial charge in [-0.1, -0.05) is 29.8 Å². The lowest BCUT2D eigenvalue weighted by Gasteiger charge is -2.16. The molecule has 0 radical (unpaired) electrons. The lowest BCUT2D eigenvalue weighted by atomic mass is 10.2. The molecule has 0 aliphatic carbocycles. The van der Waals surface area contributed by atoms with E-state index in [1.54, 1.807) is 37.3 Å². The summed E-state index contributed by atoms with van der Waals surface area (Å²) in [7, 11) is 1.53. The Balaban J connectivity index is 2.05. The average Bonchev–Trinajstić information content (AvgIpc) is 2.48. The van der Waals surface area contributed by atoms with Crippen LogP contribution < -0.4 is 14.8 Å². The summed E-state index contributed by atoms with van der Waals surface area (Å²) in [4.78, 5) is 12.2. The van der Waals surface area contributed by atoms with Crippen LogP contribution in [0.5, 0.6) is 11.5 Å². The molecule has 2 aromatic rings. The average molecular weight is 306 g/mol. The van der Waals surface area contributed by atoms with Gasteiger partial charge in [-0.05, 0) is 37.3 Å². The summed E-state index contributed by atoms with van der Waals surface area (Å²) < 4.78 is 10.8. The van der Waals surface area contributed by atoms with Crippen LogP contribution in [-0.4, -0.2) is 19.1 Å². The van der Waals surface area contributed by atoms with Crippen molar-refractivity contribution < 1.29 is 14.3 Å². The van der Waals surface area contributed by atoms with Crippen molar-refractivity contribution in [1.29, 1.82) is 0 Å². The van der Waals surface area contributed by atoms with Crippen molar-refractivity contribution in [2.24, 2.45) is 0 Å². The molecule has 0 saturated heterocycles. The summed E-state index contributed by atoms with van der Waals surface area (Å²) in [5, 5.41) is 3.27. The molecule has 0 aromatic heterocycles. The van der Waals surface area contributed by atoms with Gasteiger partial charge in [0, 0.05) is 5.02 Å². The third kappa shape index (κ3) is 4.13. The van der Waals surface area contributed by atoms with E-state index in [1.165, 1.54) is 7.11 Å². The van der Waals surface area contributed by atoms with Gasteiger partial charge in [0.1, 0.15) is 11.5 Å². The number of anilines is 1. The highest BCUT2D eigenvalue weighted by molar-refractivity contribution is 6.31. The second-order valence-corrected chi connectivity index (χ2v) is 4.84. The van der Waals surface area contributed by atoms with E-state index < -0.39 is 6.10 Å². The number of ether oxygens (including phenoxy) is 2. The van der Waals surface area contributed by atoms with Crippen molar-refractivity contribution >= 4 is 23.2 Å². The third-order valence-electron chi connectivity index (χ3n) is 2.84.